The molecule has 2 saturated heterocycles. The van der Waals surface area contributed by atoms with Crippen LogP contribution in [0, 0.1) is 0 Å². The number of piperazine rings is 1. The smallest absolute Gasteiger partial charge is 0.236 e. The zero-order valence-electron chi connectivity index (χ0n) is 14.5. The minimum absolute atomic E-state index is 0.0616. The zero-order valence-corrected chi connectivity index (χ0v) is 14.5. The van der Waals surface area contributed by atoms with E-state index in [2.05, 4.69) is 16.8 Å². The van der Waals surface area contributed by atoms with Crippen molar-refractivity contribution in [2.24, 2.45) is 0 Å². The first-order valence-electron chi connectivity index (χ1n) is 8.59. The van der Waals surface area contributed by atoms with Gasteiger partial charge in [0.1, 0.15) is 5.75 Å². The van der Waals surface area contributed by atoms with Crippen molar-refractivity contribution in [3.05, 3.63) is 29.8 Å². The van der Waals surface area contributed by atoms with Gasteiger partial charge in [-0.05, 0) is 31.2 Å². The summed E-state index contributed by atoms with van der Waals surface area (Å²) in [7, 11) is 3.73. The molecule has 0 aliphatic carbocycles. The highest BCUT2D eigenvalue weighted by atomic mass is 16.5. The van der Waals surface area contributed by atoms with Gasteiger partial charge in [-0.3, -0.25) is 9.69 Å². The molecule has 2 aliphatic heterocycles. The lowest BCUT2D eigenvalue weighted by atomic mass is 10.0. The summed E-state index contributed by atoms with van der Waals surface area (Å²) in [4.78, 5) is 18.9. The molecule has 1 amide bonds. The maximum atomic E-state index is 12.6. The number of carbonyl (C=O) groups excluding carboxylic acids is 1. The van der Waals surface area contributed by atoms with Gasteiger partial charge in [-0.2, -0.15) is 0 Å². The maximum Gasteiger partial charge on any atom is 0.236 e. The Morgan fingerprint density at radius 2 is 2.04 bits per heavy atom. The van der Waals surface area contributed by atoms with E-state index in [0.29, 0.717) is 19.5 Å². The van der Waals surface area contributed by atoms with Crippen LogP contribution in [0.5, 0.6) is 5.75 Å². The molecule has 0 radical (unpaired) electrons. The summed E-state index contributed by atoms with van der Waals surface area (Å²) in [5, 5.41) is 10.1. The molecular weight excluding hydrogens is 306 g/mol. The van der Waals surface area contributed by atoms with Crippen LogP contribution >= 0.6 is 0 Å². The number of rotatable bonds is 4. The largest absolute Gasteiger partial charge is 0.497 e. The van der Waals surface area contributed by atoms with Crippen molar-refractivity contribution in [1.82, 2.24) is 14.7 Å². The summed E-state index contributed by atoms with van der Waals surface area (Å²) in [5.41, 5.74) is 1.09. The molecule has 3 rings (SSSR count). The molecule has 2 aliphatic rings. The van der Waals surface area contributed by atoms with Gasteiger partial charge in [-0.1, -0.05) is 12.1 Å². The van der Waals surface area contributed by atoms with Gasteiger partial charge in [0.25, 0.3) is 0 Å². The molecule has 1 N–H and O–H groups in total. The molecule has 2 atom stereocenters. The van der Waals surface area contributed by atoms with E-state index in [4.69, 9.17) is 4.74 Å². The van der Waals surface area contributed by atoms with E-state index in [0.717, 1.165) is 37.5 Å². The second-order valence-electron chi connectivity index (χ2n) is 6.80. The van der Waals surface area contributed by atoms with Crippen LogP contribution in [0.15, 0.2) is 24.3 Å². The van der Waals surface area contributed by atoms with E-state index in [1.807, 2.05) is 29.2 Å². The normalized spacial score (nSPS) is 25.9. The van der Waals surface area contributed by atoms with Crippen LogP contribution < -0.4 is 4.74 Å². The Bertz CT molecular complexity index is 572. The number of carbonyl (C=O) groups is 1. The minimum Gasteiger partial charge on any atom is -0.497 e. The summed E-state index contributed by atoms with van der Waals surface area (Å²) in [6.45, 7) is 4.33. The summed E-state index contributed by atoms with van der Waals surface area (Å²) in [6.07, 6.45) is 0.268. The lowest BCUT2D eigenvalue weighted by Gasteiger charge is -2.34. The van der Waals surface area contributed by atoms with E-state index in [9.17, 15) is 9.90 Å². The number of ether oxygens (including phenoxy) is 1. The molecule has 6 heteroatoms. The van der Waals surface area contributed by atoms with E-state index in [1.165, 1.54) is 0 Å². The number of hydrogen-bond donors (Lipinski definition) is 1. The SMILES string of the molecule is COc1cccc([C@H]2C[C@@H](O)CN2CC(=O)N2CCN(C)CC2)c1. The first kappa shape index (κ1) is 17.2. The molecule has 0 aromatic heterocycles. The molecule has 0 bridgehead atoms. The van der Waals surface area contributed by atoms with Crippen molar-refractivity contribution in [3.8, 4) is 5.75 Å². The minimum atomic E-state index is -0.388. The Morgan fingerprint density at radius 1 is 1.29 bits per heavy atom. The highest BCUT2D eigenvalue weighted by Gasteiger charge is 2.34. The van der Waals surface area contributed by atoms with Crippen molar-refractivity contribution in [2.45, 2.75) is 18.6 Å². The quantitative estimate of drug-likeness (QED) is 0.873. The van der Waals surface area contributed by atoms with Gasteiger partial charge in [-0.25, -0.2) is 0 Å². The number of amides is 1. The van der Waals surface area contributed by atoms with Gasteiger partial charge in [0.15, 0.2) is 0 Å². The van der Waals surface area contributed by atoms with Crippen LogP contribution in [-0.4, -0.2) is 85.2 Å². The number of likely N-dealkylation sites (tertiary alicyclic amines) is 1. The third-order valence-corrected chi connectivity index (χ3v) is 5.05. The van der Waals surface area contributed by atoms with E-state index < -0.39 is 0 Å². The van der Waals surface area contributed by atoms with Crippen LogP contribution in [0.3, 0.4) is 0 Å². The van der Waals surface area contributed by atoms with E-state index in [1.54, 1.807) is 7.11 Å². The van der Waals surface area contributed by atoms with Gasteiger partial charge in [0, 0.05) is 38.8 Å². The summed E-state index contributed by atoms with van der Waals surface area (Å²) >= 11 is 0. The third kappa shape index (κ3) is 3.88. The molecule has 2 fully saturated rings. The Balaban J connectivity index is 1.67. The second-order valence-corrected chi connectivity index (χ2v) is 6.80. The molecule has 24 heavy (non-hydrogen) atoms. The van der Waals surface area contributed by atoms with Crippen molar-refractivity contribution in [1.29, 1.82) is 0 Å². The van der Waals surface area contributed by atoms with Crippen molar-refractivity contribution in [3.63, 3.8) is 0 Å². The standard InChI is InChI=1S/C18H27N3O3/c1-19-6-8-20(9-7-19)18(23)13-21-12-15(22)11-17(21)14-4-3-5-16(10-14)24-2/h3-5,10,15,17,22H,6-9,11-13H2,1-2H3/t15-,17-/m1/s1. The second kappa shape index (κ2) is 7.51. The lowest BCUT2D eigenvalue weighted by molar-refractivity contribution is -0.134. The number of β-amino-alcohol motifs (C(OH)–C–C–N with tert-alkyl or cyclic N) is 1. The summed E-state index contributed by atoms with van der Waals surface area (Å²) in [6, 6.07) is 7.97. The third-order valence-electron chi connectivity index (χ3n) is 5.05. The van der Waals surface area contributed by atoms with Crippen molar-refractivity contribution >= 4 is 5.91 Å². The van der Waals surface area contributed by atoms with Crippen molar-refractivity contribution < 1.29 is 14.6 Å². The molecule has 1 aromatic carbocycles. The molecule has 1 aromatic rings. The number of likely N-dealkylation sites (N-methyl/N-ethyl adjacent to an activating group) is 1. The number of nitrogens with zero attached hydrogens (tertiary/aromatic N) is 3. The monoisotopic (exact) mass is 333 g/mol. The van der Waals surface area contributed by atoms with Gasteiger partial charge in [0.05, 0.1) is 19.8 Å². The number of benzene rings is 1. The highest BCUT2D eigenvalue weighted by molar-refractivity contribution is 5.78. The van der Waals surface area contributed by atoms with Crippen molar-refractivity contribution in [2.75, 3.05) is 53.4 Å². The number of methoxy groups -OCH3 is 1. The fraction of sp³-hybridized carbons (Fsp3) is 0.611. The highest BCUT2D eigenvalue weighted by Crippen LogP contribution is 2.33. The van der Waals surface area contributed by atoms with Crippen LogP contribution in [0.4, 0.5) is 0 Å². The van der Waals surface area contributed by atoms with Crippen LogP contribution in [-0.2, 0) is 4.79 Å². The first-order valence-corrected chi connectivity index (χ1v) is 8.59. The number of aliphatic hydroxyl groups excluding tert-OH is 1. The molecule has 0 unspecified atom stereocenters. The fourth-order valence-electron chi connectivity index (χ4n) is 3.58. The molecule has 132 valence electrons. The first-order chi connectivity index (χ1) is 11.6. The molecule has 6 nitrogen and oxygen atoms in total. The van der Waals surface area contributed by atoms with Gasteiger partial charge < -0.3 is 19.6 Å². The predicted molar refractivity (Wildman–Crippen MR) is 92.0 cm³/mol. The topological polar surface area (TPSA) is 56.3 Å². The number of aliphatic hydroxyl groups is 1. The summed E-state index contributed by atoms with van der Waals surface area (Å²) in [5.74, 6) is 0.962. The fourth-order valence-corrected chi connectivity index (χ4v) is 3.58. The molecular formula is C18H27N3O3. The van der Waals surface area contributed by atoms with Gasteiger partial charge >= 0.3 is 0 Å². The average Bonchev–Trinajstić information content (AvgIpc) is 2.96. The Hall–Kier alpha value is -1.63. The van der Waals surface area contributed by atoms with Crippen LogP contribution in [0.25, 0.3) is 0 Å². The molecule has 0 spiro atoms. The van der Waals surface area contributed by atoms with Gasteiger partial charge in [0.2, 0.25) is 5.91 Å². The Labute approximate surface area is 143 Å². The lowest BCUT2D eigenvalue weighted by Crippen LogP contribution is -2.50. The maximum absolute atomic E-state index is 12.6. The van der Waals surface area contributed by atoms with Gasteiger partial charge in [-0.15, -0.1) is 0 Å². The van der Waals surface area contributed by atoms with Crippen LogP contribution in [0.2, 0.25) is 0 Å². The Morgan fingerprint density at radius 3 is 2.75 bits per heavy atom. The molecule has 2 heterocycles. The summed E-state index contributed by atoms with van der Waals surface area (Å²) < 4.78 is 5.30. The average molecular weight is 333 g/mol. The predicted octanol–water partition coefficient (Wildman–Crippen LogP) is 0.577. The van der Waals surface area contributed by atoms with E-state index in [-0.39, 0.29) is 18.1 Å². The van der Waals surface area contributed by atoms with Crippen LogP contribution in [0.1, 0.15) is 18.0 Å². The van der Waals surface area contributed by atoms with E-state index >= 15 is 0 Å². The number of hydrogen-bond acceptors (Lipinski definition) is 5. The molecule has 0 saturated carbocycles. The Kier molecular flexibility index (Phi) is 5.38. The zero-order chi connectivity index (χ0) is 17.1.